The van der Waals surface area contributed by atoms with Gasteiger partial charge < -0.3 is 24.3 Å². The predicted octanol–water partition coefficient (Wildman–Crippen LogP) is 3.02. The van der Waals surface area contributed by atoms with Crippen LogP contribution in [0.15, 0.2) is 48.5 Å². The van der Waals surface area contributed by atoms with Gasteiger partial charge in [-0.2, -0.15) is 0 Å². The van der Waals surface area contributed by atoms with E-state index in [0.717, 1.165) is 22.8 Å². The number of carbonyl (C=O) groups excluding carboxylic acids is 1. The number of methoxy groups -OCH3 is 1. The number of nitrogens with one attached hydrogen (secondary N) is 1. The third kappa shape index (κ3) is 4.69. The van der Waals surface area contributed by atoms with Crippen molar-refractivity contribution in [1.82, 2.24) is 5.32 Å². The van der Waals surface area contributed by atoms with Crippen LogP contribution in [0.2, 0.25) is 0 Å². The first-order valence-electron chi connectivity index (χ1n) is 8.29. The van der Waals surface area contributed by atoms with Crippen molar-refractivity contribution >= 4 is 12.0 Å². The van der Waals surface area contributed by atoms with Gasteiger partial charge in [-0.05, 0) is 55.0 Å². The summed E-state index contributed by atoms with van der Waals surface area (Å²) in [5.41, 5.74) is 0.867. The Kier molecular flexibility index (Phi) is 5.63. The molecule has 2 aromatic carbocycles. The number of hydrogen-bond donors (Lipinski definition) is 1. The Labute approximate surface area is 152 Å². The smallest absolute Gasteiger partial charge is 0.244 e. The molecule has 6 heteroatoms. The van der Waals surface area contributed by atoms with Gasteiger partial charge in [-0.3, -0.25) is 4.79 Å². The summed E-state index contributed by atoms with van der Waals surface area (Å²) in [5, 5.41) is 2.86. The van der Waals surface area contributed by atoms with Gasteiger partial charge in [0.1, 0.15) is 18.1 Å². The van der Waals surface area contributed by atoms with Gasteiger partial charge in [0, 0.05) is 6.08 Å². The van der Waals surface area contributed by atoms with Crippen LogP contribution in [0.3, 0.4) is 0 Å². The molecule has 1 heterocycles. The zero-order valence-corrected chi connectivity index (χ0v) is 14.7. The van der Waals surface area contributed by atoms with Gasteiger partial charge in [0.05, 0.1) is 13.2 Å². The monoisotopic (exact) mass is 355 g/mol. The van der Waals surface area contributed by atoms with E-state index in [1.54, 1.807) is 13.2 Å². The van der Waals surface area contributed by atoms with E-state index in [9.17, 15) is 4.79 Å². The maximum Gasteiger partial charge on any atom is 0.244 e. The predicted molar refractivity (Wildman–Crippen MR) is 97.7 cm³/mol. The summed E-state index contributed by atoms with van der Waals surface area (Å²) in [4.78, 5) is 12.0. The van der Waals surface area contributed by atoms with Crippen molar-refractivity contribution in [2.75, 3.05) is 20.5 Å². The van der Waals surface area contributed by atoms with Gasteiger partial charge in [-0.1, -0.05) is 6.07 Å². The first-order chi connectivity index (χ1) is 12.6. The molecule has 1 aliphatic rings. The molecule has 0 radical (unpaired) electrons. The maximum absolute atomic E-state index is 12.0. The molecule has 1 N–H and O–H groups in total. The van der Waals surface area contributed by atoms with Crippen LogP contribution in [0.25, 0.3) is 6.08 Å². The Balaban J connectivity index is 1.46. The van der Waals surface area contributed by atoms with E-state index >= 15 is 0 Å². The highest BCUT2D eigenvalue weighted by molar-refractivity contribution is 5.92. The first kappa shape index (κ1) is 17.7. The molecule has 26 heavy (non-hydrogen) atoms. The summed E-state index contributed by atoms with van der Waals surface area (Å²) in [6.07, 6.45) is 3.22. The topological polar surface area (TPSA) is 66.0 Å². The lowest BCUT2D eigenvalue weighted by Crippen LogP contribution is -2.35. The SMILES string of the molecule is COc1ccc(OCC(C)NC(=O)/C=C/c2ccc3c(c2)OCO3)cc1. The molecular weight excluding hydrogens is 334 g/mol. The number of amides is 1. The molecule has 1 aliphatic heterocycles. The fourth-order valence-electron chi connectivity index (χ4n) is 2.41. The molecule has 3 rings (SSSR count). The van der Waals surface area contributed by atoms with E-state index in [1.165, 1.54) is 6.08 Å². The fraction of sp³-hybridized carbons (Fsp3) is 0.250. The van der Waals surface area contributed by atoms with E-state index in [2.05, 4.69) is 5.32 Å². The zero-order valence-electron chi connectivity index (χ0n) is 14.7. The Hall–Kier alpha value is -3.15. The Morgan fingerprint density at radius 3 is 2.65 bits per heavy atom. The highest BCUT2D eigenvalue weighted by Crippen LogP contribution is 2.32. The Bertz CT molecular complexity index is 785. The van der Waals surface area contributed by atoms with E-state index in [4.69, 9.17) is 18.9 Å². The molecule has 136 valence electrons. The van der Waals surface area contributed by atoms with Crippen LogP contribution in [0.4, 0.5) is 0 Å². The molecule has 0 bridgehead atoms. The molecule has 0 spiro atoms. The van der Waals surface area contributed by atoms with Crippen LogP contribution >= 0.6 is 0 Å². The Morgan fingerprint density at radius 1 is 1.15 bits per heavy atom. The second-order valence-corrected chi connectivity index (χ2v) is 5.84. The van der Waals surface area contributed by atoms with Gasteiger partial charge >= 0.3 is 0 Å². The van der Waals surface area contributed by atoms with Gasteiger partial charge in [0.25, 0.3) is 0 Å². The quantitative estimate of drug-likeness (QED) is 0.774. The summed E-state index contributed by atoms with van der Waals surface area (Å²) < 4.78 is 21.3. The summed E-state index contributed by atoms with van der Waals surface area (Å²) in [6, 6.07) is 12.7. The molecule has 1 unspecified atom stereocenters. The lowest BCUT2D eigenvalue weighted by atomic mass is 10.2. The van der Waals surface area contributed by atoms with Crippen molar-refractivity contribution in [1.29, 1.82) is 0 Å². The van der Waals surface area contributed by atoms with E-state index in [0.29, 0.717) is 12.4 Å². The first-order valence-corrected chi connectivity index (χ1v) is 8.29. The number of benzene rings is 2. The number of hydrogen-bond acceptors (Lipinski definition) is 5. The maximum atomic E-state index is 12.0. The second-order valence-electron chi connectivity index (χ2n) is 5.84. The molecule has 0 aliphatic carbocycles. The van der Waals surface area contributed by atoms with Crippen LogP contribution in [-0.4, -0.2) is 32.5 Å². The average Bonchev–Trinajstić information content (AvgIpc) is 3.13. The number of fused-ring (bicyclic) bond motifs is 1. The van der Waals surface area contributed by atoms with Crippen LogP contribution in [-0.2, 0) is 4.79 Å². The lowest BCUT2D eigenvalue weighted by molar-refractivity contribution is -0.117. The van der Waals surface area contributed by atoms with E-state index in [1.807, 2.05) is 49.4 Å². The largest absolute Gasteiger partial charge is 0.497 e. The average molecular weight is 355 g/mol. The van der Waals surface area contributed by atoms with Crippen molar-refractivity contribution in [3.63, 3.8) is 0 Å². The van der Waals surface area contributed by atoms with Gasteiger partial charge in [0.2, 0.25) is 12.7 Å². The minimum absolute atomic E-state index is 0.133. The molecule has 1 amide bonds. The fourth-order valence-corrected chi connectivity index (χ4v) is 2.41. The van der Waals surface area contributed by atoms with E-state index < -0.39 is 0 Å². The summed E-state index contributed by atoms with van der Waals surface area (Å²) in [6.45, 7) is 2.49. The normalized spacial score (nSPS) is 13.5. The van der Waals surface area contributed by atoms with Crippen molar-refractivity contribution < 1.29 is 23.7 Å². The molecule has 2 aromatic rings. The minimum atomic E-state index is -0.187. The zero-order chi connectivity index (χ0) is 18.4. The molecule has 0 saturated heterocycles. The molecule has 1 atom stereocenters. The standard InChI is InChI=1S/C20H21NO5/c1-14(12-24-17-7-5-16(23-2)6-8-17)21-20(22)10-4-15-3-9-18-19(11-15)26-13-25-18/h3-11,14H,12-13H2,1-2H3,(H,21,22)/b10-4+. The molecule has 6 nitrogen and oxygen atoms in total. The molecule has 0 saturated carbocycles. The van der Waals surface area contributed by atoms with Crippen molar-refractivity contribution in [3.8, 4) is 23.0 Å². The third-order valence-electron chi connectivity index (χ3n) is 3.77. The highest BCUT2D eigenvalue weighted by Gasteiger charge is 2.12. The molecule has 0 fully saturated rings. The molecule has 0 aromatic heterocycles. The third-order valence-corrected chi connectivity index (χ3v) is 3.77. The van der Waals surface area contributed by atoms with E-state index in [-0.39, 0.29) is 18.7 Å². The molecular formula is C20H21NO5. The van der Waals surface area contributed by atoms with Crippen molar-refractivity contribution in [2.24, 2.45) is 0 Å². The van der Waals surface area contributed by atoms with Gasteiger partial charge in [-0.15, -0.1) is 0 Å². The summed E-state index contributed by atoms with van der Waals surface area (Å²) in [7, 11) is 1.62. The minimum Gasteiger partial charge on any atom is -0.497 e. The number of rotatable bonds is 7. The Morgan fingerprint density at radius 2 is 1.88 bits per heavy atom. The van der Waals surface area contributed by atoms with Crippen molar-refractivity contribution in [2.45, 2.75) is 13.0 Å². The summed E-state index contributed by atoms with van der Waals surface area (Å²) >= 11 is 0. The van der Waals surface area contributed by atoms with Gasteiger partial charge in [-0.25, -0.2) is 0 Å². The van der Waals surface area contributed by atoms with Crippen molar-refractivity contribution in [3.05, 3.63) is 54.1 Å². The van der Waals surface area contributed by atoms with Crippen LogP contribution < -0.4 is 24.3 Å². The second kappa shape index (κ2) is 8.29. The summed E-state index contributed by atoms with van der Waals surface area (Å²) in [5.74, 6) is 2.72. The van der Waals surface area contributed by atoms with Crippen LogP contribution in [0.5, 0.6) is 23.0 Å². The van der Waals surface area contributed by atoms with Gasteiger partial charge in [0.15, 0.2) is 11.5 Å². The van der Waals surface area contributed by atoms with Crippen LogP contribution in [0, 0.1) is 0 Å². The lowest BCUT2D eigenvalue weighted by Gasteiger charge is -2.14. The number of carbonyl (C=O) groups is 1. The number of ether oxygens (including phenoxy) is 4. The van der Waals surface area contributed by atoms with Crippen LogP contribution in [0.1, 0.15) is 12.5 Å². The highest BCUT2D eigenvalue weighted by atomic mass is 16.7.